The molecule has 4 heteroatoms. The summed E-state index contributed by atoms with van der Waals surface area (Å²) in [6.07, 6.45) is 4.61. The van der Waals surface area contributed by atoms with Crippen LogP contribution in [0.4, 0.5) is 0 Å². The number of aliphatic hydroxyl groups is 1. The Bertz CT molecular complexity index is 722. The van der Waals surface area contributed by atoms with E-state index in [2.05, 4.69) is 4.99 Å². The molecule has 0 saturated carbocycles. The maximum Gasteiger partial charge on any atom is 0.168 e. The van der Waals surface area contributed by atoms with Crippen LogP contribution in [-0.4, -0.2) is 29.8 Å². The molecule has 1 aromatic carbocycles. The molecule has 25 heavy (non-hydrogen) atoms. The number of benzene rings is 1. The molecule has 0 unspecified atom stereocenters. The number of carbonyl (C=O) groups is 1. The fraction of sp³-hybridized carbons (Fsp3) is 0.429. The van der Waals surface area contributed by atoms with Crippen molar-refractivity contribution in [2.75, 3.05) is 7.11 Å². The first kappa shape index (κ1) is 19.0. The van der Waals surface area contributed by atoms with E-state index in [0.717, 1.165) is 11.3 Å². The summed E-state index contributed by atoms with van der Waals surface area (Å²) < 4.78 is 5.16. The SMILES string of the molecule is COc1ccc(/C=C/C(=NC(C)C)C2=C(O)CC(C)(C)CC2=O)cc1. The summed E-state index contributed by atoms with van der Waals surface area (Å²) >= 11 is 0. The number of allylic oxidation sites excluding steroid dienone is 3. The number of aliphatic imine (C=N–C) groups is 1. The summed E-state index contributed by atoms with van der Waals surface area (Å²) in [4.78, 5) is 17.2. The molecule has 1 N–H and O–H groups in total. The molecular formula is C21H27NO3. The van der Waals surface area contributed by atoms with Crippen molar-refractivity contribution in [2.24, 2.45) is 10.4 Å². The molecule has 0 spiro atoms. The largest absolute Gasteiger partial charge is 0.511 e. The monoisotopic (exact) mass is 341 g/mol. The van der Waals surface area contributed by atoms with Crippen molar-refractivity contribution in [1.29, 1.82) is 0 Å². The summed E-state index contributed by atoms with van der Waals surface area (Å²) in [7, 11) is 1.63. The van der Waals surface area contributed by atoms with Crippen LogP contribution in [0, 0.1) is 5.41 Å². The second-order valence-electron chi connectivity index (χ2n) is 7.48. The van der Waals surface area contributed by atoms with Gasteiger partial charge in [-0.05, 0) is 43.0 Å². The van der Waals surface area contributed by atoms with Gasteiger partial charge in [-0.3, -0.25) is 9.79 Å². The first-order valence-electron chi connectivity index (χ1n) is 8.57. The van der Waals surface area contributed by atoms with Gasteiger partial charge >= 0.3 is 0 Å². The molecule has 1 aliphatic carbocycles. The lowest BCUT2D eigenvalue weighted by atomic mass is 9.75. The predicted octanol–water partition coefficient (Wildman–Crippen LogP) is 4.76. The van der Waals surface area contributed by atoms with E-state index in [9.17, 15) is 9.90 Å². The third kappa shape index (κ3) is 5.05. The Morgan fingerprint density at radius 2 is 1.88 bits per heavy atom. The van der Waals surface area contributed by atoms with E-state index < -0.39 is 0 Å². The summed E-state index contributed by atoms with van der Waals surface area (Å²) in [5.74, 6) is 0.880. The highest BCUT2D eigenvalue weighted by atomic mass is 16.5. The topological polar surface area (TPSA) is 58.9 Å². The number of nitrogens with zero attached hydrogens (tertiary/aromatic N) is 1. The quantitative estimate of drug-likeness (QED) is 0.786. The highest BCUT2D eigenvalue weighted by Crippen LogP contribution is 2.36. The van der Waals surface area contributed by atoms with Crippen molar-refractivity contribution >= 4 is 17.6 Å². The molecule has 1 aromatic rings. The number of hydrogen-bond donors (Lipinski definition) is 1. The molecule has 0 atom stereocenters. The standard InChI is InChI=1S/C21H27NO3/c1-14(2)22-17(11-8-15-6-9-16(25-5)10-7-15)20-18(23)12-21(3,4)13-19(20)24/h6-11,14,23H,12-13H2,1-5H3/b11-8+,22-17?. The zero-order chi connectivity index (χ0) is 18.6. The number of methoxy groups -OCH3 is 1. The van der Waals surface area contributed by atoms with Crippen LogP contribution in [0.15, 0.2) is 46.7 Å². The fourth-order valence-electron chi connectivity index (χ4n) is 2.94. The van der Waals surface area contributed by atoms with Crippen LogP contribution in [0.2, 0.25) is 0 Å². The lowest BCUT2D eigenvalue weighted by Gasteiger charge is -2.29. The molecule has 4 nitrogen and oxygen atoms in total. The minimum atomic E-state index is -0.215. The summed E-state index contributed by atoms with van der Waals surface area (Å²) in [6, 6.07) is 7.65. The van der Waals surface area contributed by atoms with E-state index in [1.807, 2.05) is 64.1 Å². The van der Waals surface area contributed by atoms with Gasteiger partial charge in [0.1, 0.15) is 11.5 Å². The average molecular weight is 341 g/mol. The number of hydrogen-bond acceptors (Lipinski definition) is 4. The van der Waals surface area contributed by atoms with Crippen LogP contribution in [0.1, 0.15) is 46.1 Å². The average Bonchev–Trinajstić information content (AvgIpc) is 2.50. The van der Waals surface area contributed by atoms with Gasteiger partial charge in [0.2, 0.25) is 0 Å². The van der Waals surface area contributed by atoms with E-state index in [1.165, 1.54) is 0 Å². The van der Waals surface area contributed by atoms with Crippen molar-refractivity contribution in [3.05, 3.63) is 47.2 Å². The molecule has 0 aliphatic heterocycles. The minimum absolute atomic E-state index is 0.0264. The van der Waals surface area contributed by atoms with Gasteiger partial charge in [0.15, 0.2) is 5.78 Å². The van der Waals surface area contributed by atoms with E-state index in [-0.39, 0.29) is 23.0 Å². The molecule has 0 fully saturated rings. The first-order chi connectivity index (χ1) is 11.7. The number of rotatable bonds is 5. The van der Waals surface area contributed by atoms with Gasteiger partial charge in [-0.2, -0.15) is 0 Å². The van der Waals surface area contributed by atoms with Crippen LogP contribution in [-0.2, 0) is 4.79 Å². The highest BCUT2D eigenvalue weighted by molar-refractivity contribution is 6.28. The Labute approximate surface area is 149 Å². The maximum atomic E-state index is 12.6. The van der Waals surface area contributed by atoms with Crippen LogP contribution in [0.5, 0.6) is 5.75 Å². The molecule has 0 bridgehead atoms. The van der Waals surface area contributed by atoms with E-state index in [0.29, 0.717) is 24.1 Å². The van der Waals surface area contributed by atoms with Gasteiger partial charge in [0.25, 0.3) is 0 Å². The van der Waals surface area contributed by atoms with Gasteiger partial charge in [-0.1, -0.05) is 32.1 Å². The zero-order valence-electron chi connectivity index (χ0n) is 15.7. The van der Waals surface area contributed by atoms with Crippen LogP contribution >= 0.6 is 0 Å². The molecular weight excluding hydrogens is 314 g/mol. The number of ketones is 1. The number of Topliss-reactive ketones (excluding diaryl/α,β-unsaturated/α-hetero) is 1. The number of ether oxygens (including phenoxy) is 1. The van der Waals surface area contributed by atoms with Gasteiger partial charge in [0, 0.05) is 18.9 Å². The van der Waals surface area contributed by atoms with Crippen molar-refractivity contribution in [2.45, 2.75) is 46.6 Å². The molecule has 0 saturated heterocycles. The Hall–Kier alpha value is -2.36. The van der Waals surface area contributed by atoms with Crippen molar-refractivity contribution in [3.8, 4) is 5.75 Å². The Kier molecular flexibility index (Phi) is 5.83. The molecule has 1 aliphatic rings. The molecule has 2 rings (SSSR count). The zero-order valence-corrected chi connectivity index (χ0v) is 15.7. The lowest BCUT2D eigenvalue weighted by Crippen LogP contribution is -2.29. The van der Waals surface area contributed by atoms with E-state index in [4.69, 9.17) is 4.74 Å². The Balaban J connectivity index is 2.36. The van der Waals surface area contributed by atoms with Crippen LogP contribution in [0.3, 0.4) is 0 Å². The number of carbonyl (C=O) groups excluding carboxylic acids is 1. The predicted molar refractivity (Wildman–Crippen MR) is 102 cm³/mol. The fourth-order valence-corrected chi connectivity index (χ4v) is 2.94. The molecule has 134 valence electrons. The molecule has 0 heterocycles. The van der Waals surface area contributed by atoms with Gasteiger partial charge in [-0.25, -0.2) is 0 Å². The molecule has 0 radical (unpaired) electrons. The van der Waals surface area contributed by atoms with Crippen LogP contribution in [0.25, 0.3) is 6.08 Å². The second kappa shape index (κ2) is 7.68. The Morgan fingerprint density at radius 3 is 2.40 bits per heavy atom. The van der Waals surface area contributed by atoms with Gasteiger partial charge in [0.05, 0.1) is 18.4 Å². The summed E-state index contributed by atoms with van der Waals surface area (Å²) in [6.45, 7) is 7.89. The summed E-state index contributed by atoms with van der Waals surface area (Å²) in [5, 5.41) is 10.5. The van der Waals surface area contributed by atoms with Crippen molar-refractivity contribution in [3.63, 3.8) is 0 Å². The van der Waals surface area contributed by atoms with E-state index in [1.54, 1.807) is 7.11 Å². The smallest absolute Gasteiger partial charge is 0.168 e. The minimum Gasteiger partial charge on any atom is -0.511 e. The molecule has 0 amide bonds. The van der Waals surface area contributed by atoms with Gasteiger partial charge < -0.3 is 9.84 Å². The third-order valence-electron chi connectivity index (χ3n) is 4.06. The van der Waals surface area contributed by atoms with Crippen LogP contribution < -0.4 is 4.74 Å². The van der Waals surface area contributed by atoms with E-state index >= 15 is 0 Å². The second-order valence-corrected chi connectivity index (χ2v) is 7.48. The number of aliphatic hydroxyl groups excluding tert-OH is 1. The maximum absolute atomic E-state index is 12.6. The highest BCUT2D eigenvalue weighted by Gasteiger charge is 2.34. The lowest BCUT2D eigenvalue weighted by molar-refractivity contribution is -0.117. The van der Waals surface area contributed by atoms with Crippen molar-refractivity contribution in [1.82, 2.24) is 0 Å². The first-order valence-corrected chi connectivity index (χ1v) is 8.57. The van der Waals surface area contributed by atoms with Crippen molar-refractivity contribution < 1.29 is 14.6 Å². The Morgan fingerprint density at radius 1 is 1.24 bits per heavy atom. The van der Waals surface area contributed by atoms with Gasteiger partial charge in [-0.15, -0.1) is 0 Å². The summed E-state index contributed by atoms with van der Waals surface area (Å²) in [5.41, 5.74) is 1.66. The third-order valence-corrected chi connectivity index (χ3v) is 4.06. The molecule has 0 aromatic heterocycles. The normalized spacial score (nSPS) is 18.3.